The van der Waals surface area contributed by atoms with E-state index in [4.69, 9.17) is 0 Å². The van der Waals surface area contributed by atoms with Gasteiger partial charge in [0, 0.05) is 10.0 Å². The van der Waals surface area contributed by atoms with Gasteiger partial charge in [0.1, 0.15) is 0 Å². The number of carbonyl (C=O) groups excluding carboxylic acids is 1. The molecule has 1 heterocycles. The number of aromatic nitrogens is 2. The van der Waals surface area contributed by atoms with Crippen molar-refractivity contribution in [2.24, 2.45) is 0 Å². The maximum atomic E-state index is 12.2. The van der Waals surface area contributed by atoms with E-state index in [0.29, 0.717) is 16.6 Å². The molecule has 0 saturated carbocycles. The molecule has 0 bridgehead atoms. The van der Waals surface area contributed by atoms with E-state index in [1.165, 1.54) is 6.08 Å². The molecule has 0 atom stereocenters. The lowest BCUT2D eigenvalue weighted by Crippen LogP contribution is -1.99. The fraction of sp³-hybridized carbons (Fsp3) is 0. The number of hydrogen-bond donors (Lipinski definition) is 2. The predicted molar refractivity (Wildman–Crippen MR) is 86.4 cm³/mol. The van der Waals surface area contributed by atoms with Crippen LogP contribution in [0.1, 0.15) is 15.9 Å². The molecule has 0 fully saturated rings. The van der Waals surface area contributed by atoms with Crippen LogP contribution in [0.25, 0.3) is 17.1 Å². The van der Waals surface area contributed by atoms with Crippen molar-refractivity contribution < 1.29 is 4.79 Å². The van der Waals surface area contributed by atoms with E-state index in [9.17, 15) is 9.59 Å². The molecular formula is C16H11BrN2O2. The maximum absolute atomic E-state index is 12.2. The van der Waals surface area contributed by atoms with Gasteiger partial charge in [0.15, 0.2) is 5.78 Å². The van der Waals surface area contributed by atoms with Crippen LogP contribution >= 0.6 is 15.9 Å². The number of carbonyl (C=O) groups is 1. The SMILES string of the molecule is O=C(C=Cc1cccc(Br)c1)c1ccc2[nH]c(=O)[nH]c2c1. The molecule has 0 saturated heterocycles. The van der Waals surface area contributed by atoms with Crippen LogP contribution < -0.4 is 5.69 Å². The Balaban J connectivity index is 1.88. The molecule has 0 aliphatic heterocycles. The van der Waals surface area contributed by atoms with Gasteiger partial charge in [0.05, 0.1) is 11.0 Å². The first-order valence-electron chi connectivity index (χ1n) is 6.32. The van der Waals surface area contributed by atoms with E-state index in [1.54, 1.807) is 24.3 Å². The second kappa shape index (κ2) is 5.54. The van der Waals surface area contributed by atoms with Crippen LogP contribution in [0, 0.1) is 0 Å². The Kier molecular flexibility index (Phi) is 3.58. The Morgan fingerprint density at radius 2 is 1.86 bits per heavy atom. The first-order valence-corrected chi connectivity index (χ1v) is 7.11. The monoisotopic (exact) mass is 342 g/mol. The van der Waals surface area contributed by atoms with Crippen molar-refractivity contribution in [2.45, 2.75) is 0 Å². The van der Waals surface area contributed by atoms with Crippen LogP contribution in [0.5, 0.6) is 0 Å². The highest BCUT2D eigenvalue weighted by Gasteiger charge is 2.05. The lowest BCUT2D eigenvalue weighted by atomic mass is 10.1. The third-order valence-corrected chi connectivity index (χ3v) is 3.57. The van der Waals surface area contributed by atoms with Crippen molar-refractivity contribution in [3.8, 4) is 0 Å². The van der Waals surface area contributed by atoms with Crippen LogP contribution in [-0.2, 0) is 0 Å². The number of imidazole rings is 1. The smallest absolute Gasteiger partial charge is 0.306 e. The van der Waals surface area contributed by atoms with Gasteiger partial charge in [-0.2, -0.15) is 0 Å². The largest absolute Gasteiger partial charge is 0.323 e. The van der Waals surface area contributed by atoms with Crippen LogP contribution in [0.2, 0.25) is 0 Å². The Hall–Kier alpha value is -2.40. The lowest BCUT2D eigenvalue weighted by molar-refractivity contribution is 0.104. The van der Waals surface area contributed by atoms with Gasteiger partial charge in [-0.25, -0.2) is 4.79 Å². The average Bonchev–Trinajstić information content (AvgIpc) is 2.84. The molecule has 3 aromatic rings. The molecule has 0 amide bonds. The number of nitrogens with one attached hydrogen (secondary N) is 2. The van der Waals surface area contributed by atoms with Gasteiger partial charge in [0.2, 0.25) is 0 Å². The van der Waals surface area contributed by atoms with E-state index in [0.717, 1.165) is 10.0 Å². The number of aromatic amines is 2. The fourth-order valence-electron chi connectivity index (χ4n) is 2.06. The minimum atomic E-state index is -0.278. The minimum absolute atomic E-state index is 0.112. The van der Waals surface area contributed by atoms with E-state index < -0.39 is 0 Å². The molecule has 0 spiro atoms. The van der Waals surface area contributed by atoms with Crippen molar-refractivity contribution in [3.05, 3.63) is 74.6 Å². The molecule has 2 N–H and O–H groups in total. The van der Waals surface area contributed by atoms with Gasteiger partial charge < -0.3 is 9.97 Å². The van der Waals surface area contributed by atoms with Gasteiger partial charge in [-0.05, 0) is 42.0 Å². The Bertz CT molecular complexity index is 906. The van der Waals surface area contributed by atoms with Gasteiger partial charge in [-0.15, -0.1) is 0 Å². The molecule has 21 heavy (non-hydrogen) atoms. The summed E-state index contributed by atoms with van der Waals surface area (Å²) in [5.41, 5.74) is 2.51. The molecule has 0 unspecified atom stereocenters. The maximum Gasteiger partial charge on any atom is 0.323 e. The highest BCUT2D eigenvalue weighted by Crippen LogP contribution is 2.14. The Morgan fingerprint density at radius 3 is 2.67 bits per heavy atom. The molecule has 1 aromatic heterocycles. The molecule has 0 radical (unpaired) electrons. The topological polar surface area (TPSA) is 65.7 Å². The average molecular weight is 343 g/mol. The zero-order valence-electron chi connectivity index (χ0n) is 10.9. The van der Waals surface area contributed by atoms with Crippen molar-refractivity contribution >= 4 is 38.8 Å². The summed E-state index contributed by atoms with van der Waals surface area (Å²) in [6.07, 6.45) is 3.28. The molecule has 2 aromatic carbocycles. The Labute approximate surface area is 128 Å². The highest BCUT2D eigenvalue weighted by molar-refractivity contribution is 9.10. The standard InChI is InChI=1S/C16H11BrN2O2/c17-12-3-1-2-10(8-12)4-7-15(20)11-5-6-13-14(9-11)19-16(21)18-13/h1-9H,(H2,18,19,21). The summed E-state index contributed by atoms with van der Waals surface area (Å²) in [4.78, 5) is 28.6. The minimum Gasteiger partial charge on any atom is -0.306 e. The van der Waals surface area contributed by atoms with Gasteiger partial charge in [-0.1, -0.05) is 34.1 Å². The predicted octanol–water partition coefficient (Wildman–Crippen LogP) is 3.51. The zero-order valence-corrected chi connectivity index (χ0v) is 12.5. The number of benzene rings is 2. The van der Waals surface area contributed by atoms with E-state index in [1.807, 2.05) is 24.3 Å². The van der Waals surface area contributed by atoms with Gasteiger partial charge in [0.25, 0.3) is 0 Å². The number of ketones is 1. The first kappa shape index (κ1) is 13.6. The summed E-state index contributed by atoms with van der Waals surface area (Å²) < 4.78 is 0.961. The number of rotatable bonds is 3. The van der Waals surface area contributed by atoms with Gasteiger partial charge >= 0.3 is 5.69 Å². The van der Waals surface area contributed by atoms with Crippen LogP contribution in [0.4, 0.5) is 0 Å². The number of halogens is 1. The third-order valence-electron chi connectivity index (χ3n) is 3.08. The van der Waals surface area contributed by atoms with E-state index in [2.05, 4.69) is 25.9 Å². The normalized spacial score (nSPS) is 11.3. The molecule has 0 aliphatic carbocycles. The fourth-order valence-corrected chi connectivity index (χ4v) is 2.48. The molecule has 104 valence electrons. The number of allylic oxidation sites excluding steroid dienone is 1. The summed E-state index contributed by atoms with van der Waals surface area (Å²) in [5.74, 6) is -0.112. The number of fused-ring (bicyclic) bond motifs is 1. The molecule has 3 rings (SSSR count). The van der Waals surface area contributed by atoms with Crippen molar-refractivity contribution in [3.63, 3.8) is 0 Å². The number of H-pyrrole nitrogens is 2. The first-order chi connectivity index (χ1) is 10.1. The second-order valence-corrected chi connectivity index (χ2v) is 5.51. The Morgan fingerprint density at radius 1 is 1.05 bits per heavy atom. The molecular weight excluding hydrogens is 332 g/mol. The molecule has 4 nitrogen and oxygen atoms in total. The third kappa shape index (κ3) is 3.03. The van der Waals surface area contributed by atoms with E-state index >= 15 is 0 Å². The summed E-state index contributed by atoms with van der Waals surface area (Å²) in [5, 5.41) is 0. The van der Waals surface area contributed by atoms with Crippen LogP contribution in [0.3, 0.4) is 0 Å². The van der Waals surface area contributed by atoms with Crippen LogP contribution in [-0.4, -0.2) is 15.8 Å². The highest BCUT2D eigenvalue weighted by atomic mass is 79.9. The van der Waals surface area contributed by atoms with Crippen molar-refractivity contribution in [1.29, 1.82) is 0 Å². The summed E-state index contributed by atoms with van der Waals surface area (Å²) >= 11 is 3.39. The summed E-state index contributed by atoms with van der Waals surface area (Å²) in [6.45, 7) is 0. The van der Waals surface area contributed by atoms with Crippen molar-refractivity contribution in [1.82, 2.24) is 9.97 Å². The van der Waals surface area contributed by atoms with Gasteiger partial charge in [-0.3, -0.25) is 4.79 Å². The summed E-state index contributed by atoms with van der Waals surface area (Å²) in [7, 11) is 0. The second-order valence-electron chi connectivity index (χ2n) is 4.59. The number of hydrogen-bond acceptors (Lipinski definition) is 2. The van der Waals surface area contributed by atoms with E-state index in [-0.39, 0.29) is 11.5 Å². The van der Waals surface area contributed by atoms with Crippen molar-refractivity contribution in [2.75, 3.05) is 0 Å². The lowest BCUT2D eigenvalue weighted by Gasteiger charge is -1.97. The molecule has 0 aliphatic rings. The molecule has 5 heteroatoms. The van der Waals surface area contributed by atoms with Crippen LogP contribution in [0.15, 0.2) is 57.8 Å². The quantitative estimate of drug-likeness (QED) is 0.565. The summed E-state index contributed by atoms with van der Waals surface area (Å²) in [6, 6.07) is 12.8. The zero-order chi connectivity index (χ0) is 14.8.